The summed E-state index contributed by atoms with van der Waals surface area (Å²) in [7, 11) is -3.30. The molecule has 0 aliphatic carbocycles. The van der Waals surface area contributed by atoms with Crippen LogP contribution in [0.5, 0.6) is 0 Å². The van der Waals surface area contributed by atoms with E-state index >= 15 is 0 Å². The molecule has 1 aliphatic heterocycles. The van der Waals surface area contributed by atoms with E-state index in [0.29, 0.717) is 11.4 Å². The Morgan fingerprint density at radius 3 is 2.74 bits per heavy atom. The Hall–Kier alpha value is -1.53. The van der Waals surface area contributed by atoms with Crippen LogP contribution in [0.25, 0.3) is 0 Å². The second-order valence-corrected chi connectivity index (χ2v) is 8.74. The Labute approximate surface area is 145 Å². The number of rotatable bonds is 4. The molecule has 2 aromatic rings. The van der Waals surface area contributed by atoms with Crippen molar-refractivity contribution in [3.63, 3.8) is 0 Å². The standard InChI is InChI=1S/C17H19BrN2O2S/c18-13-4-1-5-14(12-13)23(21,22)11-10-20-9-3-6-15-16(19)7-2-8-17(15)20/h1-2,4-5,7-8,12H,3,6,9-11,19H2. The van der Waals surface area contributed by atoms with Crippen LogP contribution in [0.1, 0.15) is 12.0 Å². The number of sulfone groups is 1. The first-order valence-electron chi connectivity index (χ1n) is 7.58. The molecule has 0 spiro atoms. The Kier molecular flexibility index (Phi) is 4.64. The molecule has 0 amide bonds. The van der Waals surface area contributed by atoms with E-state index < -0.39 is 9.84 Å². The van der Waals surface area contributed by atoms with Crippen molar-refractivity contribution >= 4 is 37.1 Å². The molecule has 0 radical (unpaired) electrons. The monoisotopic (exact) mass is 394 g/mol. The maximum absolute atomic E-state index is 12.5. The van der Waals surface area contributed by atoms with Gasteiger partial charge in [-0.25, -0.2) is 8.42 Å². The average molecular weight is 395 g/mol. The third kappa shape index (κ3) is 3.53. The number of benzene rings is 2. The highest BCUT2D eigenvalue weighted by atomic mass is 79.9. The van der Waals surface area contributed by atoms with Gasteiger partial charge in [-0.3, -0.25) is 0 Å². The lowest BCUT2D eigenvalue weighted by atomic mass is 10.00. The first-order chi connectivity index (χ1) is 11.0. The van der Waals surface area contributed by atoms with E-state index in [9.17, 15) is 8.42 Å². The zero-order valence-corrected chi connectivity index (χ0v) is 15.1. The van der Waals surface area contributed by atoms with Gasteiger partial charge in [0.1, 0.15) is 0 Å². The van der Waals surface area contributed by atoms with Gasteiger partial charge in [0, 0.05) is 28.9 Å². The van der Waals surface area contributed by atoms with Gasteiger partial charge < -0.3 is 10.6 Å². The van der Waals surface area contributed by atoms with Crippen molar-refractivity contribution in [3.8, 4) is 0 Å². The van der Waals surface area contributed by atoms with Crippen molar-refractivity contribution in [1.82, 2.24) is 0 Å². The van der Waals surface area contributed by atoms with Crippen LogP contribution in [-0.2, 0) is 16.3 Å². The summed E-state index contributed by atoms with van der Waals surface area (Å²) in [5.74, 6) is 0.0949. The lowest BCUT2D eigenvalue weighted by Crippen LogP contribution is -2.34. The van der Waals surface area contributed by atoms with Gasteiger partial charge in [-0.15, -0.1) is 0 Å². The molecule has 1 aliphatic rings. The van der Waals surface area contributed by atoms with Crippen molar-refractivity contribution in [2.45, 2.75) is 17.7 Å². The van der Waals surface area contributed by atoms with E-state index in [0.717, 1.165) is 40.8 Å². The first kappa shape index (κ1) is 16.3. The highest BCUT2D eigenvalue weighted by molar-refractivity contribution is 9.10. The predicted octanol–water partition coefficient (Wildman–Crippen LogP) is 3.26. The molecule has 0 aromatic heterocycles. The highest BCUT2D eigenvalue weighted by Crippen LogP contribution is 2.31. The summed E-state index contributed by atoms with van der Waals surface area (Å²) >= 11 is 3.32. The van der Waals surface area contributed by atoms with Crippen LogP contribution in [0, 0.1) is 0 Å². The van der Waals surface area contributed by atoms with Gasteiger partial charge in [0.25, 0.3) is 0 Å². The van der Waals surface area contributed by atoms with Gasteiger partial charge >= 0.3 is 0 Å². The molecule has 2 aromatic carbocycles. The van der Waals surface area contributed by atoms with E-state index in [-0.39, 0.29) is 5.75 Å². The number of fused-ring (bicyclic) bond motifs is 1. The fourth-order valence-electron chi connectivity index (χ4n) is 2.97. The van der Waals surface area contributed by atoms with Crippen molar-refractivity contribution in [2.24, 2.45) is 0 Å². The van der Waals surface area contributed by atoms with Crippen LogP contribution in [0.2, 0.25) is 0 Å². The Balaban J connectivity index is 1.78. The van der Waals surface area contributed by atoms with Crippen LogP contribution in [0.4, 0.5) is 11.4 Å². The maximum Gasteiger partial charge on any atom is 0.180 e. The van der Waals surface area contributed by atoms with Gasteiger partial charge in [-0.05, 0) is 48.7 Å². The Morgan fingerprint density at radius 2 is 1.96 bits per heavy atom. The quantitative estimate of drug-likeness (QED) is 0.808. The summed E-state index contributed by atoms with van der Waals surface area (Å²) in [6.45, 7) is 1.34. The second kappa shape index (κ2) is 6.53. The minimum Gasteiger partial charge on any atom is -0.398 e. The third-order valence-corrected chi connectivity index (χ3v) is 6.35. The number of nitrogens with zero attached hydrogens (tertiary/aromatic N) is 1. The first-order valence-corrected chi connectivity index (χ1v) is 10.0. The number of nitrogen functional groups attached to an aromatic ring is 1. The molecule has 0 atom stereocenters. The molecule has 2 N–H and O–H groups in total. The van der Waals surface area contributed by atoms with E-state index in [4.69, 9.17) is 5.73 Å². The molecule has 0 unspecified atom stereocenters. The predicted molar refractivity (Wildman–Crippen MR) is 97.6 cm³/mol. The summed E-state index contributed by atoms with van der Waals surface area (Å²) in [6, 6.07) is 12.7. The van der Waals surface area contributed by atoms with E-state index in [2.05, 4.69) is 20.8 Å². The second-order valence-electron chi connectivity index (χ2n) is 5.71. The fraction of sp³-hybridized carbons (Fsp3) is 0.294. The van der Waals surface area contributed by atoms with Gasteiger partial charge in [0.05, 0.1) is 10.6 Å². The molecule has 1 heterocycles. The normalized spacial score (nSPS) is 14.6. The lowest BCUT2D eigenvalue weighted by molar-refractivity contribution is 0.593. The van der Waals surface area contributed by atoms with E-state index in [1.807, 2.05) is 24.3 Å². The Morgan fingerprint density at radius 1 is 1.17 bits per heavy atom. The summed E-state index contributed by atoms with van der Waals surface area (Å²) in [5.41, 5.74) is 9.04. The molecule has 0 bridgehead atoms. The number of hydrogen-bond acceptors (Lipinski definition) is 4. The largest absolute Gasteiger partial charge is 0.398 e. The third-order valence-electron chi connectivity index (χ3n) is 4.17. The molecular formula is C17H19BrN2O2S. The molecule has 122 valence electrons. The maximum atomic E-state index is 12.5. The Bertz CT molecular complexity index is 821. The zero-order chi connectivity index (χ0) is 16.4. The van der Waals surface area contributed by atoms with Crippen molar-refractivity contribution in [3.05, 3.63) is 52.5 Å². The molecule has 6 heteroatoms. The topological polar surface area (TPSA) is 63.4 Å². The molecule has 23 heavy (non-hydrogen) atoms. The zero-order valence-electron chi connectivity index (χ0n) is 12.7. The lowest BCUT2D eigenvalue weighted by Gasteiger charge is -2.32. The molecule has 0 saturated carbocycles. The van der Waals surface area contributed by atoms with E-state index in [1.165, 1.54) is 0 Å². The van der Waals surface area contributed by atoms with Crippen molar-refractivity contribution in [2.75, 3.05) is 29.5 Å². The number of hydrogen-bond donors (Lipinski definition) is 1. The van der Waals surface area contributed by atoms with Gasteiger partial charge in [0.15, 0.2) is 9.84 Å². The number of anilines is 2. The van der Waals surface area contributed by atoms with Crippen LogP contribution in [0.15, 0.2) is 51.8 Å². The summed E-state index contributed by atoms with van der Waals surface area (Å²) in [5, 5.41) is 0. The molecule has 4 nitrogen and oxygen atoms in total. The fourth-order valence-corrected chi connectivity index (χ4v) is 4.81. The average Bonchev–Trinajstić information content (AvgIpc) is 2.53. The van der Waals surface area contributed by atoms with Gasteiger partial charge in [-0.1, -0.05) is 28.1 Å². The SMILES string of the molecule is Nc1cccc2c1CCCN2CCS(=O)(=O)c1cccc(Br)c1. The van der Waals surface area contributed by atoms with Crippen LogP contribution in [0.3, 0.4) is 0 Å². The van der Waals surface area contributed by atoms with E-state index in [1.54, 1.807) is 18.2 Å². The molecule has 0 fully saturated rings. The van der Waals surface area contributed by atoms with Crippen LogP contribution < -0.4 is 10.6 Å². The van der Waals surface area contributed by atoms with Crippen LogP contribution >= 0.6 is 15.9 Å². The number of halogens is 1. The summed E-state index contributed by atoms with van der Waals surface area (Å²) in [6.07, 6.45) is 1.95. The smallest absolute Gasteiger partial charge is 0.180 e. The van der Waals surface area contributed by atoms with Crippen molar-refractivity contribution in [1.29, 1.82) is 0 Å². The minimum atomic E-state index is -3.30. The molecule has 3 rings (SSSR count). The highest BCUT2D eigenvalue weighted by Gasteiger charge is 2.21. The van der Waals surface area contributed by atoms with Crippen molar-refractivity contribution < 1.29 is 8.42 Å². The molecule has 0 saturated heterocycles. The van der Waals surface area contributed by atoms with Crippen LogP contribution in [-0.4, -0.2) is 27.3 Å². The number of nitrogens with two attached hydrogens (primary N) is 1. The summed E-state index contributed by atoms with van der Waals surface area (Å²) < 4.78 is 25.8. The molecular weight excluding hydrogens is 376 g/mol. The van der Waals surface area contributed by atoms with Gasteiger partial charge in [0.2, 0.25) is 0 Å². The minimum absolute atomic E-state index is 0.0949. The summed E-state index contributed by atoms with van der Waals surface area (Å²) in [4.78, 5) is 2.49. The van der Waals surface area contributed by atoms with Gasteiger partial charge in [-0.2, -0.15) is 0 Å².